The minimum Gasteiger partial charge on any atom is -0.292 e. The summed E-state index contributed by atoms with van der Waals surface area (Å²) in [5.74, 6) is 0.592. The van der Waals surface area contributed by atoms with Crippen LogP contribution in [0.2, 0.25) is 0 Å². The number of carbonyl (C=O) groups is 1. The highest BCUT2D eigenvalue weighted by atomic mass is 32.2. The highest BCUT2D eigenvalue weighted by Crippen LogP contribution is 2.19. The van der Waals surface area contributed by atoms with Gasteiger partial charge in [0.2, 0.25) is 0 Å². The average molecular weight is 274 g/mol. The van der Waals surface area contributed by atoms with Crippen LogP contribution in [0.3, 0.4) is 0 Å². The normalized spacial score (nSPS) is 10.6. The molecule has 2 rings (SSSR count). The summed E-state index contributed by atoms with van der Waals surface area (Å²) in [4.78, 5) is 13.3. The van der Waals surface area contributed by atoms with Crippen LogP contribution >= 0.6 is 11.8 Å². The molecule has 0 bridgehead atoms. The Kier molecular flexibility index (Phi) is 4.80. The zero-order chi connectivity index (χ0) is 13.7. The molecule has 0 fully saturated rings. The highest BCUT2D eigenvalue weighted by Gasteiger charge is 2.11. The SMILES string of the molecule is CCCn1nccc1C(=O)CSc1ccc(C)cc1. The minimum atomic E-state index is 0.136. The van der Waals surface area contributed by atoms with E-state index < -0.39 is 0 Å². The smallest absolute Gasteiger partial charge is 0.191 e. The Morgan fingerprint density at radius 3 is 2.68 bits per heavy atom. The first-order valence-corrected chi connectivity index (χ1v) is 7.43. The van der Waals surface area contributed by atoms with Crippen LogP contribution < -0.4 is 0 Å². The van der Waals surface area contributed by atoms with Crippen molar-refractivity contribution in [2.45, 2.75) is 31.7 Å². The molecule has 3 nitrogen and oxygen atoms in total. The number of benzene rings is 1. The minimum absolute atomic E-state index is 0.136. The lowest BCUT2D eigenvalue weighted by Crippen LogP contribution is -2.12. The summed E-state index contributed by atoms with van der Waals surface area (Å²) in [6.45, 7) is 4.93. The Balaban J connectivity index is 1.97. The number of thioether (sulfide) groups is 1. The zero-order valence-corrected chi connectivity index (χ0v) is 12.1. The lowest BCUT2D eigenvalue weighted by atomic mass is 10.2. The number of aromatic nitrogens is 2. The summed E-state index contributed by atoms with van der Waals surface area (Å²) in [6.07, 6.45) is 2.67. The molecule has 0 aliphatic rings. The summed E-state index contributed by atoms with van der Waals surface area (Å²) < 4.78 is 1.79. The van der Waals surface area contributed by atoms with Gasteiger partial charge in [-0.15, -0.1) is 11.8 Å². The first-order chi connectivity index (χ1) is 9.20. The van der Waals surface area contributed by atoms with Crippen molar-refractivity contribution in [2.24, 2.45) is 0 Å². The summed E-state index contributed by atoms with van der Waals surface area (Å²) >= 11 is 1.57. The van der Waals surface area contributed by atoms with Crippen molar-refractivity contribution in [2.75, 3.05) is 5.75 Å². The van der Waals surface area contributed by atoms with Gasteiger partial charge in [-0.3, -0.25) is 9.48 Å². The van der Waals surface area contributed by atoms with Gasteiger partial charge < -0.3 is 0 Å². The molecular formula is C15H18N2OS. The molecule has 0 amide bonds. The summed E-state index contributed by atoms with van der Waals surface area (Å²) in [7, 11) is 0. The molecule has 0 saturated carbocycles. The molecule has 0 N–H and O–H groups in total. The second kappa shape index (κ2) is 6.57. The molecule has 19 heavy (non-hydrogen) atoms. The number of hydrogen-bond donors (Lipinski definition) is 0. The number of ketones is 1. The number of hydrogen-bond acceptors (Lipinski definition) is 3. The number of aryl methyl sites for hydroxylation is 2. The first-order valence-electron chi connectivity index (χ1n) is 6.45. The lowest BCUT2D eigenvalue weighted by molar-refractivity contribution is 0.101. The van der Waals surface area contributed by atoms with E-state index in [1.54, 1.807) is 28.7 Å². The number of nitrogens with zero attached hydrogens (tertiary/aromatic N) is 2. The van der Waals surface area contributed by atoms with Crippen molar-refractivity contribution < 1.29 is 4.79 Å². The van der Waals surface area contributed by atoms with Crippen LogP contribution in [0.1, 0.15) is 29.4 Å². The van der Waals surface area contributed by atoms with E-state index >= 15 is 0 Å². The quantitative estimate of drug-likeness (QED) is 0.596. The Bertz CT molecular complexity index is 546. The van der Waals surface area contributed by atoms with Crippen molar-refractivity contribution in [3.8, 4) is 0 Å². The fourth-order valence-corrected chi connectivity index (χ4v) is 2.59. The van der Waals surface area contributed by atoms with E-state index in [1.807, 2.05) is 0 Å². The molecule has 0 saturated heterocycles. The van der Waals surface area contributed by atoms with Crippen molar-refractivity contribution >= 4 is 17.5 Å². The van der Waals surface area contributed by atoms with Gasteiger partial charge >= 0.3 is 0 Å². The summed E-state index contributed by atoms with van der Waals surface area (Å²) in [5, 5.41) is 4.18. The van der Waals surface area contributed by atoms with Gasteiger partial charge in [-0.05, 0) is 31.5 Å². The Hall–Kier alpha value is -1.55. The van der Waals surface area contributed by atoms with Crippen molar-refractivity contribution in [3.05, 3.63) is 47.8 Å². The van der Waals surface area contributed by atoms with Gasteiger partial charge in [-0.25, -0.2) is 0 Å². The molecule has 0 aliphatic carbocycles. The number of Topliss-reactive ketones (excluding diaryl/α,β-unsaturated/α-hetero) is 1. The van der Waals surface area contributed by atoms with Crippen LogP contribution in [0.5, 0.6) is 0 Å². The summed E-state index contributed by atoms with van der Waals surface area (Å²) in [6, 6.07) is 10.0. The van der Waals surface area contributed by atoms with Gasteiger partial charge in [0.1, 0.15) is 5.69 Å². The van der Waals surface area contributed by atoms with Crippen LogP contribution in [0.4, 0.5) is 0 Å². The van der Waals surface area contributed by atoms with Gasteiger partial charge in [-0.2, -0.15) is 5.10 Å². The van der Waals surface area contributed by atoms with Crippen LogP contribution in [-0.4, -0.2) is 21.3 Å². The second-order valence-corrected chi connectivity index (χ2v) is 5.51. The molecule has 0 aliphatic heterocycles. The van der Waals surface area contributed by atoms with Gasteiger partial charge in [0, 0.05) is 17.6 Å². The molecule has 2 aromatic rings. The fraction of sp³-hybridized carbons (Fsp3) is 0.333. The maximum absolute atomic E-state index is 12.2. The number of rotatable bonds is 6. The van der Waals surface area contributed by atoms with E-state index in [4.69, 9.17) is 0 Å². The molecule has 0 spiro atoms. The third-order valence-electron chi connectivity index (χ3n) is 2.83. The maximum atomic E-state index is 12.2. The topological polar surface area (TPSA) is 34.9 Å². The zero-order valence-electron chi connectivity index (χ0n) is 11.3. The standard InChI is InChI=1S/C15H18N2OS/c1-3-10-17-14(8-9-16-17)15(18)11-19-13-6-4-12(2)5-7-13/h4-9H,3,10-11H2,1-2H3. The van der Waals surface area contributed by atoms with Crippen LogP contribution in [0, 0.1) is 6.92 Å². The largest absolute Gasteiger partial charge is 0.292 e. The first kappa shape index (κ1) is 13.9. The van der Waals surface area contributed by atoms with E-state index in [0.29, 0.717) is 11.4 Å². The lowest BCUT2D eigenvalue weighted by Gasteiger charge is -2.05. The molecule has 1 heterocycles. The van der Waals surface area contributed by atoms with Crippen LogP contribution in [0.15, 0.2) is 41.4 Å². The molecule has 4 heteroatoms. The molecule has 1 aromatic heterocycles. The van der Waals surface area contributed by atoms with Crippen molar-refractivity contribution in [1.82, 2.24) is 9.78 Å². The predicted octanol–water partition coefficient (Wildman–Crippen LogP) is 3.58. The van der Waals surface area contributed by atoms with E-state index in [-0.39, 0.29) is 5.78 Å². The molecule has 0 atom stereocenters. The molecular weight excluding hydrogens is 256 g/mol. The van der Waals surface area contributed by atoms with Crippen LogP contribution in [-0.2, 0) is 6.54 Å². The predicted molar refractivity (Wildman–Crippen MR) is 78.8 cm³/mol. The second-order valence-electron chi connectivity index (χ2n) is 4.46. The average Bonchev–Trinajstić information content (AvgIpc) is 2.86. The highest BCUT2D eigenvalue weighted by molar-refractivity contribution is 8.00. The van der Waals surface area contributed by atoms with Crippen LogP contribution in [0.25, 0.3) is 0 Å². The van der Waals surface area contributed by atoms with E-state index in [2.05, 4.69) is 43.2 Å². The van der Waals surface area contributed by atoms with E-state index in [1.165, 1.54) is 5.56 Å². The van der Waals surface area contributed by atoms with E-state index in [0.717, 1.165) is 17.9 Å². The van der Waals surface area contributed by atoms with Crippen molar-refractivity contribution in [1.29, 1.82) is 0 Å². The Morgan fingerprint density at radius 1 is 1.26 bits per heavy atom. The van der Waals surface area contributed by atoms with Gasteiger partial charge in [0.15, 0.2) is 5.78 Å². The molecule has 0 radical (unpaired) electrons. The molecule has 100 valence electrons. The van der Waals surface area contributed by atoms with E-state index in [9.17, 15) is 4.79 Å². The fourth-order valence-electron chi connectivity index (χ4n) is 1.82. The number of carbonyl (C=O) groups excluding carboxylic acids is 1. The monoisotopic (exact) mass is 274 g/mol. The molecule has 1 aromatic carbocycles. The third-order valence-corrected chi connectivity index (χ3v) is 3.84. The van der Waals surface area contributed by atoms with Crippen molar-refractivity contribution in [3.63, 3.8) is 0 Å². The van der Waals surface area contributed by atoms with Gasteiger partial charge in [-0.1, -0.05) is 24.6 Å². The maximum Gasteiger partial charge on any atom is 0.191 e. The Labute approximate surface area is 118 Å². The Morgan fingerprint density at radius 2 is 2.00 bits per heavy atom. The molecule has 0 unspecified atom stereocenters. The third kappa shape index (κ3) is 3.70. The van der Waals surface area contributed by atoms with Gasteiger partial charge in [0.05, 0.1) is 5.75 Å². The summed E-state index contributed by atoms with van der Waals surface area (Å²) in [5.41, 5.74) is 1.94. The van der Waals surface area contributed by atoms with Gasteiger partial charge in [0.25, 0.3) is 0 Å².